The van der Waals surface area contributed by atoms with Crippen molar-refractivity contribution in [1.82, 2.24) is 5.32 Å². The summed E-state index contributed by atoms with van der Waals surface area (Å²) in [6.45, 7) is 4.42. The molecule has 0 bridgehead atoms. The molecule has 0 amide bonds. The number of hydrogen-bond donors (Lipinski definition) is 1. The van der Waals surface area contributed by atoms with Crippen LogP contribution in [-0.2, 0) is 6.54 Å². The second-order valence-electron chi connectivity index (χ2n) is 6.13. The summed E-state index contributed by atoms with van der Waals surface area (Å²) in [4.78, 5) is 1.43. The van der Waals surface area contributed by atoms with Gasteiger partial charge in [-0.25, -0.2) is 0 Å². The fraction of sp³-hybridized carbons (Fsp3) is 0.444. The zero-order valence-electron chi connectivity index (χ0n) is 12.8. The minimum absolute atomic E-state index is 0.414. The third-order valence-corrected chi connectivity index (χ3v) is 5.49. The van der Waals surface area contributed by atoms with Crippen LogP contribution in [0, 0.1) is 12.8 Å². The Balaban J connectivity index is 1.53. The number of ether oxygens (including phenoxy) is 2. The van der Waals surface area contributed by atoms with Crippen molar-refractivity contribution >= 4 is 11.3 Å². The van der Waals surface area contributed by atoms with E-state index in [0.29, 0.717) is 19.3 Å². The Morgan fingerprint density at radius 2 is 2.00 bits per heavy atom. The molecule has 4 heteroatoms. The van der Waals surface area contributed by atoms with Crippen LogP contribution in [0.1, 0.15) is 34.9 Å². The Labute approximate surface area is 135 Å². The number of benzene rings is 1. The topological polar surface area (TPSA) is 30.5 Å². The fourth-order valence-corrected chi connectivity index (χ4v) is 3.88. The van der Waals surface area contributed by atoms with E-state index in [2.05, 4.69) is 41.9 Å². The second-order valence-corrected chi connectivity index (χ2v) is 7.13. The van der Waals surface area contributed by atoms with E-state index < -0.39 is 0 Å². The first kappa shape index (κ1) is 14.1. The Bertz CT molecular complexity index is 663. The molecular weight excluding hydrogens is 294 g/mol. The number of rotatable bonds is 5. The standard InChI is InChI=1S/C18H21NO2S/c1-12-6-9-22-17(12)11-19-18(13-2-3-13)14-4-5-15-16(10-14)21-8-7-20-15/h4-6,9-10,13,18-19H,2-3,7-8,11H2,1H3. The van der Waals surface area contributed by atoms with Gasteiger partial charge in [0.2, 0.25) is 0 Å². The van der Waals surface area contributed by atoms with E-state index in [1.807, 2.05) is 11.3 Å². The molecule has 1 N–H and O–H groups in total. The first-order chi connectivity index (χ1) is 10.8. The van der Waals surface area contributed by atoms with Gasteiger partial charge in [-0.3, -0.25) is 0 Å². The quantitative estimate of drug-likeness (QED) is 0.902. The van der Waals surface area contributed by atoms with Crippen LogP contribution >= 0.6 is 11.3 Å². The van der Waals surface area contributed by atoms with Gasteiger partial charge >= 0.3 is 0 Å². The molecule has 1 fully saturated rings. The van der Waals surface area contributed by atoms with Crippen molar-refractivity contribution in [3.63, 3.8) is 0 Å². The van der Waals surface area contributed by atoms with Gasteiger partial charge in [0.1, 0.15) is 13.2 Å². The molecule has 4 rings (SSSR count). The van der Waals surface area contributed by atoms with Gasteiger partial charge in [0.05, 0.1) is 0 Å². The number of hydrogen-bond acceptors (Lipinski definition) is 4. The van der Waals surface area contributed by atoms with E-state index in [1.54, 1.807) is 0 Å². The van der Waals surface area contributed by atoms with Crippen molar-refractivity contribution < 1.29 is 9.47 Å². The molecule has 1 aromatic heterocycles. The lowest BCUT2D eigenvalue weighted by atomic mass is 10.0. The van der Waals surface area contributed by atoms with Gasteiger partial charge in [0, 0.05) is 17.5 Å². The van der Waals surface area contributed by atoms with E-state index >= 15 is 0 Å². The molecule has 1 aliphatic carbocycles. The van der Waals surface area contributed by atoms with Crippen molar-refractivity contribution in [3.8, 4) is 11.5 Å². The highest BCUT2D eigenvalue weighted by molar-refractivity contribution is 7.10. The van der Waals surface area contributed by atoms with Crippen molar-refractivity contribution in [1.29, 1.82) is 0 Å². The Morgan fingerprint density at radius 3 is 2.73 bits per heavy atom. The maximum Gasteiger partial charge on any atom is 0.161 e. The second kappa shape index (κ2) is 5.94. The van der Waals surface area contributed by atoms with Crippen LogP contribution in [0.4, 0.5) is 0 Å². The monoisotopic (exact) mass is 315 g/mol. The summed E-state index contributed by atoms with van der Waals surface area (Å²) in [6.07, 6.45) is 2.63. The molecule has 1 aromatic carbocycles. The lowest BCUT2D eigenvalue weighted by Crippen LogP contribution is -2.23. The highest BCUT2D eigenvalue weighted by Crippen LogP contribution is 2.43. The van der Waals surface area contributed by atoms with Gasteiger partial charge in [-0.15, -0.1) is 11.3 Å². The molecule has 2 aromatic rings. The molecule has 0 radical (unpaired) electrons. The molecule has 3 nitrogen and oxygen atoms in total. The average molecular weight is 315 g/mol. The average Bonchev–Trinajstić information content (AvgIpc) is 3.30. The van der Waals surface area contributed by atoms with Crippen LogP contribution in [0.2, 0.25) is 0 Å². The van der Waals surface area contributed by atoms with Crippen LogP contribution < -0.4 is 14.8 Å². The molecule has 0 saturated heterocycles. The van der Waals surface area contributed by atoms with Gasteiger partial charge in [-0.2, -0.15) is 0 Å². The van der Waals surface area contributed by atoms with Gasteiger partial charge < -0.3 is 14.8 Å². The predicted molar refractivity (Wildman–Crippen MR) is 88.8 cm³/mol. The lowest BCUT2D eigenvalue weighted by molar-refractivity contribution is 0.171. The van der Waals surface area contributed by atoms with Gasteiger partial charge in [-0.05, 0) is 60.4 Å². The molecule has 2 heterocycles. The summed E-state index contributed by atoms with van der Waals surface area (Å²) in [5.41, 5.74) is 2.70. The molecule has 22 heavy (non-hydrogen) atoms. The summed E-state index contributed by atoms with van der Waals surface area (Å²) in [7, 11) is 0. The van der Waals surface area contributed by atoms with Crippen LogP contribution in [0.3, 0.4) is 0 Å². The summed E-state index contributed by atoms with van der Waals surface area (Å²) < 4.78 is 11.4. The maximum absolute atomic E-state index is 5.73. The Hall–Kier alpha value is -1.52. The minimum atomic E-state index is 0.414. The lowest BCUT2D eigenvalue weighted by Gasteiger charge is -2.23. The van der Waals surface area contributed by atoms with Crippen molar-refractivity contribution in [2.75, 3.05) is 13.2 Å². The molecular formula is C18H21NO2S. The molecule has 2 aliphatic rings. The van der Waals surface area contributed by atoms with Crippen molar-refractivity contribution in [2.45, 2.75) is 32.4 Å². The SMILES string of the molecule is Cc1ccsc1CNC(c1ccc2c(c1)OCCO2)C1CC1. The normalized spacial score (nSPS) is 18.2. The number of thiophene rings is 1. The highest BCUT2D eigenvalue weighted by Gasteiger charge is 2.32. The Morgan fingerprint density at radius 1 is 1.18 bits per heavy atom. The van der Waals surface area contributed by atoms with Crippen LogP contribution in [0.5, 0.6) is 11.5 Å². The number of nitrogens with one attached hydrogen (secondary N) is 1. The van der Waals surface area contributed by atoms with Gasteiger partial charge in [0.15, 0.2) is 11.5 Å². The predicted octanol–water partition coefficient (Wildman–Crippen LogP) is 4.07. The molecule has 1 aliphatic heterocycles. The summed E-state index contributed by atoms with van der Waals surface area (Å²) in [5.74, 6) is 2.52. The fourth-order valence-electron chi connectivity index (χ4n) is 3.03. The molecule has 0 spiro atoms. The first-order valence-corrected chi connectivity index (χ1v) is 8.85. The minimum Gasteiger partial charge on any atom is -0.486 e. The smallest absolute Gasteiger partial charge is 0.161 e. The van der Waals surface area contributed by atoms with E-state index in [0.717, 1.165) is 24.0 Å². The van der Waals surface area contributed by atoms with Gasteiger partial charge in [-0.1, -0.05) is 6.07 Å². The third kappa shape index (κ3) is 2.85. The molecule has 1 unspecified atom stereocenters. The summed E-state index contributed by atoms with van der Waals surface area (Å²) in [6, 6.07) is 9.00. The van der Waals surface area contributed by atoms with Crippen LogP contribution in [0.25, 0.3) is 0 Å². The zero-order chi connectivity index (χ0) is 14.9. The van der Waals surface area contributed by atoms with Crippen molar-refractivity contribution in [3.05, 3.63) is 45.6 Å². The maximum atomic E-state index is 5.73. The third-order valence-electron chi connectivity index (χ3n) is 4.47. The first-order valence-electron chi connectivity index (χ1n) is 7.97. The number of aryl methyl sites for hydroxylation is 1. The van der Waals surface area contributed by atoms with Gasteiger partial charge in [0.25, 0.3) is 0 Å². The summed E-state index contributed by atoms with van der Waals surface area (Å²) >= 11 is 1.83. The van der Waals surface area contributed by atoms with E-state index in [4.69, 9.17) is 9.47 Å². The van der Waals surface area contributed by atoms with Crippen LogP contribution in [0.15, 0.2) is 29.6 Å². The van der Waals surface area contributed by atoms with Crippen LogP contribution in [-0.4, -0.2) is 13.2 Å². The van der Waals surface area contributed by atoms with Crippen molar-refractivity contribution in [2.24, 2.45) is 5.92 Å². The Kier molecular flexibility index (Phi) is 3.80. The molecule has 116 valence electrons. The number of fused-ring (bicyclic) bond motifs is 1. The van der Waals surface area contributed by atoms with E-state index in [9.17, 15) is 0 Å². The molecule has 1 atom stereocenters. The van der Waals surface area contributed by atoms with E-state index in [1.165, 1.54) is 28.8 Å². The molecule has 1 saturated carbocycles. The summed E-state index contributed by atoms with van der Waals surface area (Å²) in [5, 5.41) is 5.93. The zero-order valence-corrected chi connectivity index (χ0v) is 13.6. The van der Waals surface area contributed by atoms with E-state index in [-0.39, 0.29) is 0 Å². The highest BCUT2D eigenvalue weighted by atomic mass is 32.1. The largest absolute Gasteiger partial charge is 0.486 e.